The SMILES string of the molecule is NC(=O)N(S)C(C1=CC=CCC1)C1=COC=CO1. The molecule has 2 N–H and O–H groups in total. The van der Waals surface area contributed by atoms with E-state index in [1.807, 2.05) is 12.2 Å². The quantitative estimate of drug-likeness (QED) is 0.770. The molecular weight excluding hydrogens is 252 g/mol. The number of hydrogen-bond acceptors (Lipinski definition) is 4. The molecule has 0 aromatic rings. The predicted octanol–water partition coefficient (Wildman–Crippen LogP) is 2.22. The van der Waals surface area contributed by atoms with Crippen LogP contribution in [-0.2, 0) is 9.47 Å². The highest BCUT2D eigenvalue weighted by Crippen LogP contribution is 2.28. The summed E-state index contributed by atoms with van der Waals surface area (Å²) in [4.78, 5) is 11.3. The fraction of sp³-hybridized carbons (Fsp3) is 0.250. The Bertz CT molecular complexity index is 454. The molecule has 0 bridgehead atoms. The first-order valence-electron chi connectivity index (χ1n) is 5.50. The second-order valence-electron chi connectivity index (χ2n) is 3.84. The lowest BCUT2D eigenvalue weighted by Crippen LogP contribution is -2.40. The molecule has 5 nitrogen and oxygen atoms in total. The summed E-state index contributed by atoms with van der Waals surface area (Å²) in [6.45, 7) is 0. The minimum absolute atomic E-state index is 0.458. The number of amides is 2. The topological polar surface area (TPSA) is 64.8 Å². The molecule has 6 heteroatoms. The van der Waals surface area contributed by atoms with E-state index in [4.69, 9.17) is 15.2 Å². The summed E-state index contributed by atoms with van der Waals surface area (Å²) < 4.78 is 11.6. The van der Waals surface area contributed by atoms with Crippen LogP contribution < -0.4 is 5.73 Å². The summed E-state index contributed by atoms with van der Waals surface area (Å²) in [5.41, 5.74) is 6.27. The summed E-state index contributed by atoms with van der Waals surface area (Å²) in [6.07, 6.45) is 11.9. The number of urea groups is 1. The summed E-state index contributed by atoms with van der Waals surface area (Å²) in [5.74, 6) is 0.479. The maximum atomic E-state index is 11.3. The minimum atomic E-state index is -0.641. The van der Waals surface area contributed by atoms with Crippen molar-refractivity contribution in [2.45, 2.75) is 18.9 Å². The Kier molecular flexibility index (Phi) is 3.99. The van der Waals surface area contributed by atoms with Gasteiger partial charge in [-0.2, -0.15) is 0 Å². The van der Waals surface area contributed by atoms with Crippen LogP contribution in [0, 0.1) is 0 Å². The van der Waals surface area contributed by atoms with Gasteiger partial charge in [0.1, 0.15) is 24.8 Å². The molecule has 2 rings (SSSR count). The van der Waals surface area contributed by atoms with E-state index in [0.29, 0.717) is 5.76 Å². The highest BCUT2D eigenvalue weighted by Gasteiger charge is 2.29. The largest absolute Gasteiger partial charge is 0.466 e. The molecule has 0 fully saturated rings. The van der Waals surface area contributed by atoms with Crippen molar-refractivity contribution in [3.05, 3.63) is 48.3 Å². The molecule has 0 saturated heterocycles. The van der Waals surface area contributed by atoms with E-state index in [2.05, 4.69) is 18.9 Å². The molecule has 1 unspecified atom stereocenters. The Morgan fingerprint density at radius 3 is 2.89 bits per heavy atom. The van der Waals surface area contributed by atoms with Gasteiger partial charge in [-0.05, 0) is 18.4 Å². The summed E-state index contributed by atoms with van der Waals surface area (Å²) in [5, 5.41) is 0. The third kappa shape index (κ3) is 2.70. The van der Waals surface area contributed by atoms with Crippen LogP contribution in [0.3, 0.4) is 0 Å². The van der Waals surface area contributed by atoms with Crippen molar-refractivity contribution in [3.63, 3.8) is 0 Å². The van der Waals surface area contributed by atoms with Crippen molar-refractivity contribution in [2.75, 3.05) is 0 Å². The van der Waals surface area contributed by atoms with Crippen molar-refractivity contribution >= 4 is 18.8 Å². The van der Waals surface area contributed by atoms with Crippen LogP contribution in [-0.4, -0.2) is 16.4 Å². The van der Waals surface area contributed by atoms with Gasteiger partial charge in [0.2, 0.25) is 0 Å². The first-order chi connectivity index (χ1) is 8.70. The normalized spacial score (nSPS) is 19.2. The first kappa shape index (κ1) is 12.6. The number of rotatable bonds is 3. The van der Waals surface area contributed by atoms with E-state index in [9.17, 15) is 4.79 Å². The molecule has 1 aliphatic heterocycles. The molecule has 0 aromatic carbocycles. The lowest BCUT2D eigenvalue weighted by atomic mass is 9.96. The molecule has 0 saturated carbocycles. The van der Waals surface area contributed by atoms with Crippen LogP contribution in [0.4, 0.5) is 4.79 Å². The molecule has 2 aliphatic rings. The van der Waals surface area contributed by atoms with Gasteiger partial charge in [-0.15, -0.1) is 0 Å². The number of thiol groups is 1. The van der Waals surface area contributed by atoms with Crippen LogP contribution in [0.15, 0.2) is 48.3 Å². The number of carbonyl (C=O) groups excluding carboxylic acids is 1. The summed E-state index contributed by atoms with van der Waals surface area (Å²) in [6, 6.07) is -1.10. The van der Waals surface area contributed by atoms with E-state index in [1.54, 1.807) is 0 Å². The van der Waals surface area contributed by atoms with Gasteiger partial charge in [0.15, 0.2) is 5.76 Å². The maximum absolute atomic E-state index is 11.3. The van der Waals surface area contributed by atoms with Crippen LogP contribution in [0.5, 0.6) is 0 Å². The van der Waals surface area contributed by atoms with E-state index >= 15 is 0 Å². The maximum Gasteiger partial charge on any atom is 0.325 e. The highest BCUT2D eigenvalue weighted by molar-refractivity contribution is 7.78. The number of hydrogen-bond donors (Lipinski definition) is 2. The molecule has 2 amide bonds. The second-order valence-corrected chi connectivity index (χ2v) is 4.27. The average molecular weight is 266 g/mol. The Morgan fingerprint density at radius 2 is 2.33 bits per heavy atom. The van der Waals surface area contributed by atoms with Gasteiger partial charge < -0.3 is 15.2 Å². The molecule has 0 aromatic heterocycles. The van der Waals surface area contributed by atoms with Gasteiger partial charge >= 0.3 is 6.03 Å². The van der Waals surface area contributed by atoms with Crippen LogP contribution in [0.2, 0.25) is 0 Å². The number of ether oxygens (including phenoxy) is 2. The standard InChI is InChI=1S/C12H14N2O3S/c13-12(15)14(18)11(9-4-2-1-3-5-9)10-8-16-6-7-17-10/h1-2,4,6-8,11,18H,3,5H2,(H2,13,15). The van der Waals surface area contributed by atoms with Gasteiger partial charge in [-0.1, -0.05) is 31.0 Å². The number of nitrogens with two attached hydrogens (primary N) is 1. The number of primary amides is 1. The predicted molar refractivity (Wildman–Crippen MR) is 70.0 cm³/mol. The Balaban J connectivity index is 2.27. The number of allylic oxidation sites excluding steroid dienone is 3. The number of carbonyl (C=O) groups is 1. The molecule has 18 heavy (non-hydrogen) atoms. The van der Waals surface area contributed by atoms with Crippen molar-refractivity contribution < 1.29 is 14.3 Å². The zero-order valence-corrected chi connectivity index (χ0v) is 10.5. The average Bonchev–Trinajstić information content (AvgIpc) is 2.41. The van der Waals surface area contributed by atoms with Gasteiger partial charge in [0.25, 0.3) is 0 Å². The van der Waals surface area contributed by atoms with Crippen molar-refractivity contribution in [1.29, 1.82) is 0 Å². The smallest absolute Gasteiger partial charge is 0.325 e. The third-order valence-electron chi connectivity index (χ3n) is 2.66. The number of nitrogens with zero attached hydrogens (tertiary/aromatic N) is 1. The van der Waals surface area contributed by atoms with E-state index < -0.39 is 12.1 Å². The Morgan fingerprint density at radius 1 is 1.50 bits per heavy atom. The molecule has 96 valence electrons. The van der Waals surface area contributed by atoms with Gasteiger partial charge in [0.05, 0.1) is 0 Å². The summed E-state index contributed by atoms with van der Waals surface area (Å²) in [7, 11) is 0. The van der Waals surface area contributed by atoms with Crippen molar-refractivity contribution in [3.8, 4) is 0 Å². The fourth-order valence-corrected chi connectivity index (χ4v) is 2.10. The fourth-order valence-electron chi connectivity index (χ4n) is 1.84. The molecule has 1 heterocycles. The van der Waals surface area contributed by atoms with Gasteiger partial charge in [-0.3, -0.25) is 4.31 Å². The Labute approximate surface area is 111 Å². The van der Waals surface area contributed by atoms with Crippen LogP contribution in [0.1, 0.15) is 12.8 Å². The third-order valence-corrected chi connectivity index (χ3v) is 3.09. The van der Waals surface area contributed by atoms with E-state index in [-0.39, 0.29) is 0 Å². The van der Waals surface area contributed by atoms with Gasteiger partial charge in [-0.25, -0.2) is 4.79 Å². The molecular formula is C12H14N2O3S. The zero-order valence-electron chi connectivity index (χ0n) is 9.65. The van der Waals surface area contributed by atoms with Crippen molar-refractivity contribution in [2.24, 2.45) is 5.73 Å². The molecule has 0 spiro atoms. The van der Waals surface area contributed by atoms with Crippen LogP contribution in [0.25, 0.3) is 0 Å². The molecule has 0 radical (unpaired) electrons. The van der Waals surface area contributed by atoms with Gasteiger partial charge in [0, 0.05) is 0 Å². The molecule has 1 aliphatic carbocycles. The lowest BCUT2D eigenvalue weighted by molar-refractivity contribution is 0.202. The highest BCUT2D eigenvalue weighted by atomic mass is 32.1. The molecule has 1 atom stereocenters. The monoisotopic (exact) mass is 266 g/mol. The van der Waals surface area contributed by atoms with E-state index in [0.717, 1.165) is 22.7 Å². The van der Waals surface area contributed by atoms with E-state index in [1.165, 1.54) is 18.8 Å². The van der Waals surface area contributed by atoms with Crippen molar-refractivity contribution in [1.82, 2.24) is 4.31 Å². The lowest BCUT2D eigenvalue weighted by Gasteiger charge is -2.29. The second kappa shape index (κ2) is 5.68. The first-order valence-corrected chi connectivity index (χ1v) is 5.90. The zero-order chi connectivity index (χ0) is 13.0. The van der Waals surface area contributed by atoms with Crippen LogP contribution >= 0.6 is 12.8 Å². The minimum Gasteiger partial charge on any atom is -0.466 e. The summed E-state index contributed by atoms with van der Waals surface area (Å²) >= 11 is 4.13. The Hall–Kier alpha value is -1.82.